The van der Waals surface area contributed by atoms with Gasteiger partial charge in [0.2, 0.25) is 6.20 Å². The van der Waals surface area contributed by atoms with Gasteiger partial charge in [-0.15, -0.1) is 0 Å². The van der Waals surface area contributed by atoms with Crippen LogP contribution in [0.4, 0.5) is 8.78 Å². The van der Waals surface area contributed by atoms with Crippen molar-refractivity contribution in [2.45, 2.75) is 13.8 Å². The summed E-state index contributed by atoms with van der Waals surface area (Å²) in [5.74, 6) is -1.10. The third kappa shape index (κ3) is 1.60. The van der Waals surface area contributed by atoms with Crippen LogP contribution < -0.4 is 4.68 Å². The fourth-order valence-corrected chi connectivity index (χ4v) is 1.77. The van der Waals surface area contributed by atoms with Crippen molar-refractivity contribution in [1.82, 2.24) is 4.68 Å². The molecule has 0 saturated carbocycles. The summed E-state index contributed by atoms with van der Waals surface area (Å²) in [7, 11) is 1.83. The molecule has 2 nitrogen and oxygen atoms in total. The van der Waals surface area contributed by atoms with E-state index >= 15 is 0 Å². The van der Waals surface area contributed by atoms with E-state index in [-0.39, 0.29) is 0 Å². The summed E-state index contributed by atoms with van der Waals surface area (Å²) < 4.78 is 30.2. The fraction of sp³-hybridized carbons (Fsp3) is 0.250. The predicted octanol–water partition coefficient (Wildman–Crippen LogP) is 2.20. The van der Waals surface area contributed by atoms with Crippen LogP contribution in [-0.2, 0) is 7.05 Å². The highest BCUT2D eigenvalue weighted by molar-refractivity contribution is 5.34. The van der Waals surface area contributed by atoms with E-state index in [1.165, 1.54) is 6.07 Å². The Morgan fingerprint density at radius 2 is 1.88 bits per heavy atom. The van der Waals surface area contributed by atoms with E-state index in [4.69, 9.17) is 0 Å². The van der Waals surface area contributed by atoms with Gasteiger partial charge in [0.1, 0.15) is 5.82 Å². The summed E-state index contributed by atoms with van der Waals surface area (Å²) in [6, 6.07) is 4.10. The SMILES string of the molecule is Cc1cc(F)cc(F)c1-[n+]1ccc(C)n1C. The van der Waals surface area contributed by atoms with Crippen molar-refractivity contribution in [1.29, 1.82) is 0 Å². The van der Waals surface area contributed by atoms with Crippen LogP contribution in [0.2, 0.25) is 0 Å². The molecule has 2 aromatic rings. The second-order valence-electron chi connectivity index (χ2n) is 3.88. The maximum Gasteiger partial charge on any atom is 0.274 e. The van der Waals surface area contributed by atoms with E-state index in [1.54, 1.807) is 17.8 Å². The molecule has 0 unspecified atom stereocenters. The van der Waals surface area contributed by atoms with Crippen molar-refractivity contribution in [3.8, 4) is 5.69 Å². The Bertz CT molecular complexity index is 521. The summed E-state index contributed by atoms with van der Waals surface area (Å²) in [4.78, 5) is 0. The molecule has 0 aliphatic heterocycles. The zero-order valence-electron chi connectivity index (χ0n) is 9.46. The van der Waals surface area contributed by atoms with Gasteiger partial charge in [-0.25, -0.2) is 4.39 Å². The molecule has 0 spiro atoms. The highest BCUT2D eigenvalue weighted by Crippen LogP contribution is 2.15. The molecule has 0 atom stereocenters. The predicted molar refractivity (Wildman–Crippen MR) is 56.3 cm³/mol. The molecule has 1 aromatic heterocycles. The maximum absolute atomic E-state index is 13.7. The average molecular weight is 223 g/mol. The minimum atomic E-state index is -0.552. The summed E-state index contributed by atoms with van der Waals surface area (Å²) in [6.45, 7) is 3.62. The Morgan fingerprint density at radius 1 is 1.19 bits per heavy atom. The lowest BCUT2D eigenvalue weighted by atomic mass is 10.2. The van der Waals surface area contributed by atoms with Crippen LogP contribution in [0.1, 0.15) is 11.3 Å². The van der Waals surface area contributed by atoms with Crippen molar-refractivity contribution < 1.29 is 13.5 Å². The standard InChI is InChI=1S/C12H13F2N2/c1-8-6-10(13)7-11(14)12(8)16-5-4-9(2)15(16)3/h4-7H,1-3H3/q+1. The second-order valence-corrected chi connectivity index (χ2v) is 3.88. The second kappa shape index (κ2) is 3.70. The minimum Gasteiger partial charge on any atom is -0.207 e. The number of nitrogens with zero attached hydrogens (tertiary/aromatic N) is 2. The number of aryl methyl sites for hydroxylation is 2. The summed E-state index contributed by atoms with van der Waals surface area (Å²) in [5, 5.41) is 0. The summed E-state index contributed by atoms with van der Waals surface area (Å²) >= 11 is 0. The van der Waals surface area contributed by atoms with Crippen LogP contribution >= 0.6 is 0 Å². The first-order valence-electron chi connectivity index (χ1n) is 5.01. The van der Waals surface area contributed by atoms with Crippen molar-refractivity contribution >= 4 is 0 Å². The Morgan fingerprint density at radius 3 is 2.38 bits per heavy atom. The van der Waals surface area contributed by atoms with Gasteiger partial charge in [0.05, 0.1) is 12.7 Å². The van der Waals surface area contributed by atoms with Gasteiger partial charge in [-0.05, 0) is 19.9 Å². The van der Waals surface area contributed by atoms with Crippen molar-refractivity contribution in [2.24, 2.45) is 7.05 Å². The van der Waals surface area contributed by atoms with E-state index in [0.29, 0.717) is 11.3 Å². The molecule has 0 N–H and O–H groups in total. The van der Waals surface area contributed by atoms with Gasteiger partial charge < -0.3 is 0 Å². The number of benzene rings is 1. The molecule has 0 amide bonds. The monoisotopic (exact) mass is 223 g/mol. The Balaban J connectivity index is 2.69. The molecule has 0 radical (unpaired) electrons. The molecule has 0 bridgehead atoms. The van der Waals surface area contributed by atoms with Crippen molar-refractivity contribution in [3.63, 3.8) is 0 Å². The van der Waals surface area contributed by atoms with Crippen LogP contribution in [0.5, 0.6) is 0 Å². The third-order valence-electron chi connectivity index (χ3n) is 2.74. The number of hydrogen-bond donors (Lipinski definition) is 0. The minimum absolute atomic E-state index is 0.386. The van der Waals surface area contributed by atoms with Gasteiger partial charge in [0.15, 0.2) is 5.82 Å². The summed E-state index contributed by atoms with van der Waals surface area (Å²) in [5.41, 5.74) is 1.96. The Hall–Kier alpha value is -1.71. The quantitative estimate of drug-likeness (QED) is 0.655. The first kappa shape index (κ1) is 10.8. The van der Waals surface area contributed by atoms with E-state index in [0.717, 1.165) is 11.8 Å². The van der Waals surface area contributed by atoms with Crippen LogP contribution in [0, 0.1) is 25.5 Å². The topological polar surface area (TPSA) is 8.81 Å². The number of rotatable bonds is 1. The lowest BCUT2D eigenvalue weighted by Gasteiger charge is -2.02. The van der Waals surface area contributed by atoms with Gasteiger partial charge in [-0.2, -0.15) is 9.07 Å². The number of aromatic nitrogens is 2. The van der Waals surface area contributed by atoms with Crippen LogP contribution in [0.25, 0.3) is 5.69 Å². The van der Waals surface area contributed by atoms with Crippen molar-refractivity contribution in [2.75, 3.05) is 0 Å². The van der Waals surface area contributed by atoms with E-state index in [1.807, 2.05) is 24.7 Å². The van der Waals surface area contributed by atoms with Gasteiger partial charge >= 0.3 is 0 Å². The lowest BCUT2D eigenvalue weighted by molar-refractivity contribution is -0.684. The molecule has 2 rings (SSSR count). The van der Waals surface area contributed by atoms with Crippen LogP contribution in [-0.4, -0.2) is 4.68 Å². The van der Waals surface area contributed by atoms with Gasteiger partial charge in [-0.1, -0.05) is 4.68 Å². The molecule has 0 saturated heterocycles. The van der Waals surface area contributed by atoms with E-state index in [9.17, 15) is 8.78 Å². The number of hydrogen-bond acceptors (Lipinski definition) is 0. The Kier molecular flexibility index (Phi) is 2.50. The molecular formula is C12H13F2N2+. The highest BCUT2D eigenvalue weighted by Gasteiger charge is 2.21. The lowest BCUT2D eigenvalue weighted by Crippen LogP contribution is -2.40. The number of halogens is 2. The molecule has 84 valence electrons. The largest absolute Gasteiger partial charge is 0.274 e. The zero-order chi connectivity index (χ0) is 11.9. The molecule has 16 heavy (non-hydrogen) atoms. The molecular weight excluding hydrogens is 210 g/mol. The summed E-state index contributed by atoms with van der Waals surface area (Å²) in [6.07, 6.45) is 1.76. The highest BCUT2D eigenvalue weighted by atomic mass is 19.1. The van der Waals surface area contributed by atoms with Crippen LogP contribution in [0.15, 0.2) is 24.4 Å². The molecule has 4 heteroatoms. The zero-order valence-corrected chi connectivity index (χ0v) is 9.46. The molecule has 0 fully saturated rings. The van der Waals surface area contributed by atoms with Gasteiger partial charge in [0, 0.05) is 17.7 Å². The first-order chi connectivity index (χ1) is 7.50. The average Bonchev–Trinajstić information content (AvgIpc) is 2.48. The first-order valence-corrected chi connectivity index (χ1v) is 5.01. The smallest absolute Gasteiger partial charge is 0.207 e. The van der Waals surface area contributed by atoms with E-state index in [2.05, 4.69) is 0 Å². The van der Waals surface area contributed by atoms with E-state index < -0.39 is 11.6 Å². The van der Waals surface area contributed by atoms with Crippen molar-refractivity contribution in [3.05, 3.63) is 47.3 Å². The van der Waals surface area contributed by atoms with Gasteiger partial charge in [0.25, 0.3) is 5.69 Å². The molecule has 0 aliphatic rings. The third-order valence-corrected chi connectivity index (χ3v) is 2.74. The van der Waals surface area contributed by atoms with Gasteiger partial charge in [-0.3, -0.25) is 0 Å². The normalized spacial score (nSPS) is 10.8. The molecule has 0 aliphatic carbocycles. The Labute approximate surface area is 92.7 Å². The molecule has 1 aromatic carbocycles. The maximum atomic E-state index is 13.7. The molecule has 1 heterocycles. The fourth-order valence-electron chi connectivity index (χ4n) is 1.77. The van der Waals surface area contributed by atoms with Crippen LogP contribution in [0.3, 0.4) is 0 Å².